The number of aryl methyl sites for hydroxylation is 1. The van der Waals surface area contributed by atoms with Crippen LogP contribution in [0.25, 0.3) is 0 Å². The third-order valence-corrected chi connectivity index (χ3v) is 3.93. The molecular formula is C14H13F3N2O2S. The normalized spacial score (nSPS) is 13.0. The maximum absolute atomic E-state index is 12.6. The molecule has 1 unspecified atom stereocenters. The number of thiazole rings is 1. The first kappa shape index (κ1) is 16.4. The summed E-state index contributed by atoms with van der Waals surface area (Å²) in [5.74, 6) is -0.411. The summed E-state index contributed by atoms with van der Waals surface area (Å²) >= 11 is 1.16. The van der Waals surface area contributed by atoms with Crippen LogP contribution in [0, 0.1) is 6.92 Å². The van der Waals surface area contributed by atoms with Crippen LogP contribution in [0.2, 0.25) is 0 Å². The smallest absolute Gasteiger partial charge is 0.387 e. The fraction of sp³-hybridized carbons (Fsp3) is 0.286. The topological polar surface area (TPSA) is 62.2 Å². The summed E-state index contributed by atoms with van der Waals surface area (Å²) in [7, 11) is 0. The molecule has 1 aromatic heterocycles. The van der Waals surface area contributed by atoms with Gasteiger partial charge in [0.2, 0.25) is 0 Å². The van der Waals surface area contributed by atoms with Crippen LogP contribution >= 0.6 is 11.3 Å². The van der Waals surface area contributed by atoms with E-state index >= 15 is 0 Å². The van der Waals surface area contributed by atoms with Crippen molar-refractivity contribution in [2.24, 2.45) is 0 Å². The summed E-state index contributed by atoms with van der Waals surface area (Å²) in [4.78, 5) is 16.2. The number of aliphatic hydroxyl groups excluding tert-OH is 1. The highest BCUT2D eigenvalue weighted by molar-refractivity contribution is 7.11. The van der Waals surface area contributed by atoms with Gasteiger partial charge < -0.3 is 10.4 Å². The van der Waals surface area contributed by atoms with Gasteiger partial charge in [0, 0.05) is 6.54 Å². The summed E-state index contributed by atoms with van der Waals surface area (Å²) < 4.78 is 37.9. The average molecular weight is 330 g/mol. The molecule has 2 N–H and O–H groups in total. The fourth-order valence-electron chi connectivity index (χ4n) is 1.83. The van der Waals surface area contributed by atoms with E-state index in [-0.39, 0.29) is 12.1 Å². The van der Waals surface area contributed by atoms with Crippen molar-refractivity contribution in [1.29, 1.82) is 0 Å². The van der Waals surface area contributed by atoms with Crippen molar-refractivity contribution in [1.82, 2.24) is 10.3 Å². The summed E-state index contributed by atoms with van der Waals surface area (Å²) in [6.07, 6.45) is -5.70. The van der Waals surface area contributed by atoms with Crippen LogP contribution in [-0.4, -0.2) is 22.5 Å². The SMILES string of the molecule is Cc1ncsc1C(=O)NCC(O)c1cccc(C(F)(F)F)c1. The van der Waals surface area contributed by atoms with Crippen LogP contribution in [0.4, 0.5) is 13.2 Å². The first-order valence-corrected chi connectivity index (χ1v) is 7.20. The zero-order valence-corrected chi connectivity index (χ0v) is 12.3. The number of amides is 1. The minimum atomic E-state index is -4.47. The highest BCUT2D eigenvalue weighted by Gasteiger charge is 2.30. The molecule has 0 saturated heterocycles. The number of halogens is 3. The van der Waals surface area contributed by atoms with Crippen molar-refractivity contribution in [3.05, 3.63) is 51.5 Å². The van der Waals surface area contributed by atoms with Crippen molar-refractivity contribution in [2.75, 3.05) is 6.54 Å². The van der Waals surface area contributed by atoms with Crippen LogP contribution in [0.1, 0.15) is 32.6 Å². The van der Waals surface area contributed by atoms with Gasteiger partial charge in [-0.15, -0.1) is 11.3 Å². The van der Waals surface area contributed by atoms with E-state index in [1.54, 1.807) is 6.92 Å². The number of carbonyl (C=O) groups is 1. The molecule has 0 bridgehead atoms. The predicted octanol–water partition coefficient (Wildman–Crippen LogP) is 2.93. The quantitative estimate of drug-likeness (QED) is 0.906. The molecule has 1 aromatic carbocycles. The highest BCUT2D eigenvalue weighted by atomic mass is 32.1. The largest absolute Gasteiger partial charge is 0.416 e. The summed E-state index contributed by atoms with van der Waals surface area (Å²) in [5.41, 5.74) is 1.34. The Morgan fingerprint density at radius 2 is 2.18 bits per heavy atom. The number of nitrogens with zero attached hydrogens (tertiary/aromatic N) is 1. The molecule has 1 atom stereocenters. The third kappa shape index (κ3) is 3.83. The molecule has 1 amide bonds. The Morgan fingerprint density at radius 3 is 2.77 bits per heavy atom. The van der Waals surface area contributed by atoms with Crippen LogP contribution in [0.3, 0.4) is 0 Å². The lowest BCUT2D eigenvalue weighted by Gasteiger charge is -2.14. The molecule has 1 heterocycles. The van der Waals surface area contributed by atoms with Gasteiger partial charge >= 0.3 is 6.18 Å². The maximum atomic E-state index is 12.6. The predicted molar refractivity (Wildman–Crippen MR) is 75.6 cm³/mol. The molecule has 0 aliphatic carbocycles. The molecule has 22 heavy (non-hydrogen) atoms. The van der Waals surface area contributed by atoms with Gasteiger partial charge in [0.25, 0.3) is 5.91 Å². The second-order valence-corrected chi connectivity index (χ2v) is 5.47. The molecule has 0 aliphatic rings. The minimum absolute atomic E-state index is 0.0937. The van der Waals surface area contributed by atoms with Gasteiger partial charge in [-0.1, -0.05) is 12.1 Å². The van der Waals surface area contributed by atoms with Crippen molar-refractivity contribution < 1.29 is 23.1 Å². The Labute approximate surface area is 128 Å². The second-order valence-electron chi connectivity index (χ2n) is 4.62. The zero-order chi connectivity index (χ0) is 16.3. The van der Waals surface area contributed by atoms with Crippen LogP contribution in [0.15, 0.2) is 29.8 Å². The van der Waals surface area contributed by atoms with E-state index in [0.717, 1.165) is 23.5 Å². The number of rotatable bonds is 4. The Morgan fingerprint density at radius 1 is 1.45 bits per heavy atom. The van der Waals surface area contributed by atoms with Gasteiger partial charge in [-0.05, 0) is 24.6 Å². The molecule has 0 spiro atoms. The van der Waals surface area contributed by atoms with Crippen LogP contribution < -0.4 is 5.32 Å². The van der Waals surface area contributed by atoms with Gasteiger partial charge in [0.1, 0.15) is 4.88 Å². The number of aromatic nitrogens is 1. The molecular weight excluding hydrogens is 317 g/mol. The van der Waals surface area contributed by atoms with Gasteiger partial charge in [-0.3, -0.25) is 4.79 Å². The molecule has 8 heteroatoms. The summed E-state index contributed by atoms with van der Waals surface area (Å²) in [6.45, 7) is 1.49. The number of carbonyl (C=O) groups excluding carboxylic acids is 1. The van der Waals surface area contributed by atoms with Gasteiger partial charge in [-0.2, -0.15) is 13.2 Å². The van der Waals surface area contributed by atoms with E-state index in [2.05, 4.69) is 10.3 Å². The van der Waals surface area contributed by atoms with Crippen LogP contribution in [0.5, 0.6) is 0 Å². The molecule has 4 nitrogen and oxygen atoms in total. The lowest BCUT2D eigenvalue weighted by Crippen LogP contribution is -2.28. The number of hydrogen-bond acceptors (Lipinski definition) is 4. The lowest BCUT2D eigenvalue weighted by molar-refractivity contribution is -0.137. The zero-order valence-electron chi connectivity index (χ0n) is 11.5. The van der Waals surface area contributed by atoms with E-state index in [9.17, 15) is 23.1 Å². The van der Waals surface area contributed by atoms with Crippen molar-refractivity contribution in [2.45, 2.75) is 19.2 Å². The highest BCUT2D eigenvalue weighted by Crippen LogP contribution is 2.30. The number of benzene rings is 1. The van der Waals surface area contributed by atoms with E-state index in [0.29, 0.717) is 10.6 Å². The van der Waals surface area contributed by atoms with E-state index in [4.69, 9.17) is 0 Å². The molecule has 118 valence electrons. The maximum Gasteiger partial charge on any atom is 0.416 e. The second kappa shape index (κ2) is 6.45. The third-order valence-electron chi connectivity index (χ3n) is 3.01. The minimum Gasteiger partial charge on any atom is -0.387 e. The molecule has 0 saturated carbocycles. The number of alkyl halides is 3. The Hall–Kier alpha value is -1.93. The summed E-state index contributed by atoms with van der Waals surface area (Å²) in [5, 5.41) is 12.4. The molecule has 0 radical (unpaired) electrons. The Kier molecular flexibility index (Phi) is 4.82. The standard InChI is InChI=1S/C14H13F3N2O2S/c1-8-12(22-7-19-8)13(21)18-6-11(20)9-3-2-4-10(5-9)14(15,16)17/h2-5,7,11,20H,6H2,1H3,(H,18,21). The monoisotopic (exact) mass is 330 g/mol. The molecule has 2 aromatic rings. The molecule has 0 aliphatic heterocycles. The first-order valence-electron chi connectivity index (χ1n) is 6.32. The Bertz CT molecular complexity index is 670. The van der Waals surface area contributed by atoms with Gasteiger partial charge in [0.05, 0.1) is 22.9 Å². The van der Waals surface area contributed by atoms with E-state index in [1.165, 1.54) is 17.6 Å². The molecule has 0 fully saturated rings. The number of aliphatic hydroxyl groups is 1. The number of hydrogen-bond donors (Lipinski definition) is 2. The van der Waals surface area contributed by atoms with E-state index in [1.807, 2.05) is 0 Å². The fourth-order valence-corrected chi connectivity index (χ4v) is 2.55. The average Bonchev–Trinajstić information content (AvgIpc) is 2.90. The molecule has 2 rings (SSSR count). The Balaban J connectivity index is 2.02. The van der Waals surface area contributed by atoms with E-state index < -0.39 is 23.8 Å². The van der Waals surface area contributed by atoms with Crippen molar-refractivity contribution in [3.63, 3.8) is 0 Å². The lowest BCUT2D eigenvalue weighted by atomic mass is 10.1. The van der Waals surface area contributed by atoms with Gasteiger partial charge in [0.15, 0.2) is 0 Å². The van der Waals surface area contributed by atoms with Crippen molar-refractivity contribution in [3.8, 4) is 0 Å². The van der Waals surface area contributed by atoms with Crippen LogP contribution in [-0.2, 0) is 6.18 Å². The number of nitrogens with one attached hydrogen (secondary N) is 1. The summed E-state index contributed by atoms with van der Waals surface area (Å²) in [6, 6.07) is 4.39. The van der Waals surface area contributed by atoms with Gasteiger partial charge in [-0.25, -0.2) is 4.98 Å². The first-order chi connectivity index (χ1) is 10.3. The van der Waals surface area contributed by atoms with Crippen molar-refractivity contribution >= 4 is 17.2 Å².